The quantitative estimate of drug-likeness (QED) is 0.711. The van der Waals surface area contributed by atoms with Crippen molar-refractivity contribution >= 4 is 11.7 Å². The fraction of sp³-hybridized carbons (Fsp3) is 0.857. The number of nitrogens with one attached hydrogen (secondary N) is 1. The van der Waals surface area contributed by atoms with E-state index in [4.69, 9.17) is 0 Å². The van der Waals surface area contributed by atoms with Gasteiger partial charge in [-0.3, -0.25) is 9.59 Å². The average Bonchev–Trinajstić information content (AvgIpc) is 2.65. The summed E-state index contributed by atoms with van der Waals surface area (Å²) in [6.45, 7) is 9.85. The fourth-order valence-corrected chi connectivity index (χ4v) is 3.44. The lowest BCUT2D eigenvalue weighted by Crippen LogP contribution is -2.52. The molecule has 17 heavy (non-hydrogen) atoms. The van der Waals surface area contributed by atoms with E-state index >= 15 is 0 Å². The average molecular weight is 237 g/mol. The highest BCUT2D eigenvalue weighted by Gasteiger charge is 2.65. The molecule has 0 saturated heterocycles. The first-order chi connectivity index (χ1) is 7.59. The summed E-state index contributed by atoms with van der Waals surface area (Å²) < 4.78 is 0. The number of hydrogen-bond acceptors (Lipinski definition) is 2. The number of hydrogen-bond donors (Lipinski definition) is 1. The van der Waals surface area contributed by atoms with Crippen molar-refractivity contribution in [3.05, 3.63) is 0 Å². The molecule has 2 fully saturated rings. The Morgan fingerprint density at radius 2 is 1.94 bits per heavy atom. The van der Waals surface area contributed by atoms with Crippen molar-refractivity contribution in [2.45, 2.75) is 59.4 Å². The molecule has 0 aromatic carbocycles. The molecule has 0 aliphatic heterocycles. The first kappa shape index (κ1) is 12.6. The van der Waals surface area contributed by atoms with Crippen LogP contribution in [-0.2, 0) is 9.59 Å². The van der Waals surface area contributed by atoms with Gasteiger partial charge < -0.3 is 5.32 Å². The van der Waals surface area contributed by atoms with Crippen molar-refractivity contribution in [2.75, 3.05) is 0 Å². The number of amides is 1. The highest BCUT2D eigenvalue weighted by Crippen LogP contribution is 2.60. The lowest BCUT2D eigenvalue weighted by Gasteiger charge is -2.34. The lowest BCUT2D eigenvalue weighted by atomic mass is 9.70. The largest absolute Gasteiger partial charge is 0.351 e. The summed E-state index contributed by atoms with van der Waals surface area (Å²) in [5.41, 5.74) is -1.30. The van der Waals surface area contributed by atoms with E-state index < -0.39 is 5.41 Å². The van der Waals surface area contributed by atoms with Gasteiger partial charge in [-0.25, -0.2) is 0 Å². The van der Waals surface area contributed by atoms with E-state index in [-0.39, 0.29) is 22.6 Å². The Hall–Kier alpha value is -0.860. The van der Waals surface area contributed by atoms with Crippen LogP contribution in [0.4, 0.5) is 0 Å². The molecular weight excluding hydrogens is 214 g/mol. The van der Waals surface area contributed by atoms with E-state index in [1.165, 1.54) is 0 Å². The molecular formula is C14H23NO2. The molecule has 0 heterocycles. The van der Waals surface area contributed by atoms with Gasteiger partial charge in [0.05, 0.1) is 0 Å². The van der Waals surface area contributed by atoms with Crippen LogP contribution in [0.1, 0.15) is 53.9 Å². The molecule has 2 aliphatic rings. The third-order valence-corrected chi connectivity index (χ3v) is 4.48. The molecule has 3 heteroatoms. The summed E-state index contributed by atoms with van der Waals surface area (Å²) >= 11 is 0. The predicted octanol–water partition coefficient (Wildman–Crippen LogP) is 2.30. The fourth-order valence-electron chi connectivity index (χ4n) is 3.44. The molecule has 0 aromatic rings. The van der Waals surface area contributed by atoms with Crippen molar-refractivity contribution in [1.82, 2.24) is 5.32 Å². The molecule has 0 aromatic heterocycles. The Bertz CT molecular complexity index is 378. The molecule has 1 amide bonds. The molecule has 2 aliphatic carbocycles. The Morgan fingerprint density at radius 3 is 2.35 bits per heavy atom. The van der Waals surface area contributed by atoms with Crippen molar-refractivity contribution < 1.29 is 9.59 Å². The molecule has 2 atom stereocenters. The SMILES string of the molecule is CC(C)(C)NC(=O)C12CCC(C1)C(C)(C)C2=O. The molecule has 2 saturated carbocycles. The molecule has 2 bridgehead atoms. The van der Waals surface area contributed by atoms with Gasteiger partial charge >= 0.3 is 0 Å². The Morgan fingerprint density at radius 1 is 1.35 bits per heavy atom. The monoisotopic (exact) mass is 237 g/mol. The second-order valence-corrected chi connectivity index (χ2v) is 7.28. The minimum Gasteiger partial charge on any atom is -0.351 e. The summed E-state index contributed by atoms with van der Waals surface area (Å²) in [4.78, 5) is 24.9. The highest BCUT2D eigenvalue weighted by atomic mass is 16.2. The van der Waals surface area contributed by atoms with Crippen molar-refractivity contribution in [1.29, 1.82) is 0 Å². The standard InChI is InChI=1S/C14H23NO2/c1-12(2,3)15-11(17)14-7-6-9(8-14)13(4,5)10(14)16/h9H,6-8H2,1-5H3,(H,15,17). The van der Waals surface area contributed by atoms with Crippen LogP contribution in [0, 0.1) is 16.7 Å². The molecule has 0 spiro atoms. The molecule has 0 radical (unpaired) electrons. The van der Waals surface area contributed by atoms with Crippen molar-refractivity contribution in [3.8, 4) is 0 Å². The predicted molar refractivity (Wildman–Crippen MR) is 66.5 cm³/mol. The van der Waals surface area contributed by atoms with Gasteiger partial charge in [0.2, 0.25) is 5.91 Å². The van der Waals surface area contributed by atoms with E-state index in [0.29, 0.717) is 5.92 Å². The maximum atomic E-state index is 12.5. The van der Waals surface area contributed by atoms with Crippen LogP contribution in [0.5, 0.6) is 0 Å². The number of ketones is 1. The van der Waals surface area contributed by atoms with Crippen molar-refractivity contribution in [3.63, 3.8) is 0 Å². The minimum atomic E-state index is -0.721. The minimum absolute atomic E-state index is 0.0527. The summed E-state index contributed by atoms with van der Waals surface area (Å²) in [5.74, 6) is 0.492. The third-order valence-electron chi connectivity index (χ3n) is 4.48. The Balaban J connectivity index is 2.27. The highest BCUT2D eigenvalue weighted by molar-refractivity contribution is 6.10. The van der Waals surface area contributed by atoms with E-state index in [0.717, 1.165) is 19.3 Å². The number of Topliss-reactive ketones (excluding diaryl/α,β-unsaturated/α-hetero) is 1. The molecule has 3 nitrogen and oxygen atoms in total. The maximum Gasteiger partial charge on any atom is 0.234 e. The van der Waals surface area contributed by atoms with E-state index in [9.17, 15) is 9.59 Å². The van der Waals surface area contributed by atoms with Crippen LogP contribution in [0.3, 0.4) is 0 Å². The van der Waals surface area contributed by atoms with Gasteiger partial charge in [-0.1, -0.05) is 13.8 Å². The van der Waals surface area contributed by atoms with E-state index in [1.807, 2.05) is 34.6 Å². The van der Waals surface area contributed by atoms with Crippen LogP contribution in [0.25, 0.3) is 0 Å². The van der Waals surface area contributed by atoms with Gasteiger partial charge in [0.25, 0.3) is 0 Å². The van der Waals surface area contributed by atoms with Crippen LogP contribution in [0.15, 0.2) is 0 Å². The zero-order valence-corrected chi connectivity index (χ0v) is 11.5. The second kappa shape index (κ2) is 3.33. The number of fused-ring (bicyclic) bond motifs is 2. The zero-order valence-electron chi connectivity index (χ0n) is 11.5. The molecule has 96 valence electrons. The smallest absolute Gasteiger partial charge is 0.234 e. The number of rotatable bonds is 1. The number of carbonyl (C=O) groups excluding carboxylic acids is 2. The summed E-state index contributed by atoms with van der Waals surface area (Å²) in [5, 5.41) is 2.99. The normalized spacial score (nSPS) is 35.1. The summed E-state index contributed by atoms with van der Waals surface area (Å²) in [6, 6.07) is 0. The van der Waals surface area contributed by atoms with E-state index in [2.05, 4.69) is 5.32 Å². The number of carbonyl (C=O) groups is 2. The zero-order chi connectivity index (χ0) is 13.1. The first-order valence-electron chi connectivity index (χ1n) is 6.47. The topological polar surface area (TPSA) is 46.2 Å². The lowest BCUT2D eigenvalue weighted by molar-refractivity contribution is -0.145. The molecule has 2 unspecified atom stereocenters. The van der Waals surface area contributed by atoms with Gasteiger partial charge in [-0.2, -0.15) is 0 Å². The third kappa shape index (κ3) is 1.71. The van der Waals surface area contributed by atoms with Gasteiger partial charge in [-0.05, 0) is 46.0 Å². The molecule has 1 N–H and O–H groups in total. The van der Waals surface area contributed by atoms with Crippen LogP contribution >= 0.6 is 0 Å². The van der Waals surface area contributed by atoms with Gasteiger partial charge in [-0.15, -0.1) is 0 Å². The van der Waals surface area contributed by atoms with E-state index in [1.54, 1.807) is 0 Å². The van der Waals surface area contributed by atoms with Crippen LogP contribution in [-0.4, -0.2) is 17.2 Å². The van der Waals surface area contributed by atoms with Crippen LogP contribution in [0.2, 0.25) is 0 Å². The van der Waals surface area contributed by atoms with Gasteiger partial charge in [0.15, 0.2) is 5.78 Å². The Labute approximate surface area is 103 Å². The summed E-state index contributed by atoms with van der Waals surface area (Å²) in [6.07, 6.45) is 2.50. The Kier molecular flexibility index (Phi) is 2.47. The van der Waals surface area contributed by atoms with Gasteiger partial charge in [0, 0.05) is 11.0 Å². The summed E-state index contributed by atoms with van der Waals surface area (Å²) in [7, 11) is 0. The van der Waals surface area contributed by atoms with Gasteiger partial charge in [0.1, 0.15) is 5.41 Å². The maximum absolute atomic E-state index is 12.5. The van der Waals surface area contributed by atoms with Crippen LogP contribution < -0.4 is 5.32 Å². The molecule has 2 rings (SSSR count). The van der Waals surface area contributed by atoms with Crippen molar-refractivity contribution in [2.24, 2.45) is 16.7 Å². The first-order valence-corrected chi connectivity index (χ1v) is 6.47. The second-order valence-electron chi connectivity index (χ2n) is 7.28.